The predicted molar refractivity (Wildman–Crippen MR) is 137 cm³/mol. The first-order valence-corrected chi connectivity index (χ1v) is 11.9. The molecule has 33 heavy (non-hydrogen) atoms. The summed E-state index contributed by atoms with van der Waals surface area (Å²) >= 11 is 0. The van der Waals surface area contributed by atoms with Gasteiger partial charge in [0.1, 0.15) is 5.75 Å². The molecular formula is C27H39N3O3. The molecule has 0 heterocycles. The highest BCUT2D eigenvalue weighted by Gasteiger charge is 2.18. The molecule has 0 aliphatic carbocycles. The summed E-state index contributed by atoms with van der Waals surface area (Å²) in [4.78, 5) is 27.2. The summed E-state index contributed by atoms with van der Waals surface area (Å²) in [5, 5.41) is 5.85. The van der Waals surface area contributed by atoms with Crippen molar-refractivity contribution in [3.8, 4) is 5.75 Å². The van der Waals surface area contributed by atoms with Crippen LogP contribution in [0.3, 0.4) is 0 Å². The highest BCUT2D eigenvalue weighted by Crippen LogP contribution is 2.32. The van der Waals surface area contributed by atoms with Gasteiger partial charge in [-0.1, -0.05) is 58.7 Å². The molecule has 0 fully saturated rings. The summed E-state index contributed by atoms with van der Waals surface area (Å²) in [6.45, 7) is 14.4. The number of rotatable bonds is 11. The molecule has 0 aromatic heterocycles. The van der Waals surface area contributed by atoms with E-state index in [1.807, 2.05) is 44.2 Å². The Morgan fingerprint density at radius 3 is 2.15 bits per heavy atom. The van der Waals surface area contributed by atoms with Crippen LogP contribution in [0, 0.1) is 18.8 Å². The monoisotopic (exact) mass is 453 g/mol. The topological polar surface area (TPSA) is 70.7 Å². The number of hydrogen-bond donors (Lipinski definition) is 2. The molecule has 6 heteroatoms. The SMILES string of the molecule is CCCCC(=O)Oc1ccc(N(CC(C)C)CC(C)C)c(NC(=O)Nc2ccc(C)cc2)c1. The van der Waals surface area contributed by atoms with Crippen molar-refractivity contribution in [1.29, 1.82) is 0 Å². The van der Waals surface area contributed by atoms with E-state index in [4.69, 9.17) is 4.74 Å². The number of aryl methyl sites for hydroxylation is 1. The van der Waals surface area contributed by atoms with Crippen molar-refractivity contribution in [2.75, 3.05) is 28.6 Å². The molecule has 6 nitrogen and oxygen atoms in total. The Bertz CT molecular complexity index is 897. The Morgan fingerprint density at radius 1 is 0.939 bits per heavy atom. The molecule has 2 aromatic carbocycles. The Balaban J connectivity index is 2.31. The van der Waals surface area contributed by atoms with Crippen LogP contribution >= 0.6 is 0 Å². The molecule has 2 aromatic rings. The van der Waals surface area contributed by atoms with Crippen LogP contribution < -0.4 is 20.3 Å². The molecular weight excluding hydrogens is 414 g/mol. The Hall–Kier alpha value is -3.02. The number of nitrogens with zero attached hydrogens (tertiary/aromatic N) is 1. The standard InChI is InChI=1S/C27H39N3O3/c1-7-8-9-26(31)33-23-14-15-25(30(17-19(2)3)18-20(4)5)24(16-23)29-27(32)28-22-12-10-21(6)11-13-22/h10-16,19-20H,7-9,17-18H2,1-6H3,(H2,28,29,32). The van der Waals surface area contributed by atoms with Crippen molar-refractivity contribution in [3.05, 3.63) is 48.0 Å². The van der Waals surface area contributed by atoms with Crippen LogP contribution in [0.1, 0.15) is 59.4 Å². The molecule has 0 saturated carbocycles. The van der Waals surface area contributed by atoms with Gasteiger partial charge in [-0.15, -0.1) is 0 Å². The first-order valence-electron chi connectivity index (χ1n) is 11.9. The lowest BCUT2D eigenvalue weighted by atomic mass is 10.1. The largest absolute Gasteiger partial charge is 0.426 e. The second kappa shape index (κ2) is 12.9. The van der Waals surface area contributed by atoms with E-state index in [0.29, 0.717) is 35.4 Å². The maximum atomic E-state index is 12.8. The van der Waals surface area contributed by atoms with E-state index in [2.05, 4.69) is 43.2 Å². The third kappa shape index (κ3) is 9.16. The molecule has 0 saturated heterocycles. The number of benzene rings is 2. The number of amides is 2. The van der Waals surface area contributed by atoms with Gasteiger partial charge in [0, 0.05) is 31.3 Å². The first kappa shape index (κ1) is 26.2. The zero-order chi connectivity index (χ0) is 24.4. The fourth-order valence-corrected chi connectivity index (χ4v) is 3.53. The number of nitrogens with one attached hydrogen (secondary N) is 2. The molecule has 2 amide bonds. The lowest BCUT2D eigenvalue weighted by molar-refractivity contribution is -0.134. The molecule has 0 spiro atoms. The van der Waals surface area contributed by atoms with Gasteiger partial charge in [0.2, 0.25) is 0 Å². The van der Waals surface area contributed by atoms with Crippen LogP contribution in [0.5, 0.6) is 5.75 Å². The van der Waals surface area contributed by atoms with E-state index in [9.17, 15) is 9.59 Å². The van der Waals surface area contributed by atoms with Crippen molar-refractivity contribution in [2.45, 2.75) is 60.8 Å². The predicted octanol–water partition coefficient (Wildman–Crippen LogP) is 6.85. The molecule has 2 rings (SSSR count). The fourth-order valence-electron chi connectivity index (χ4n) is 3.53. The van der Waals surface area contributed by atoms with Crippen LogP contribution in [0.2, 0.25) is 0 Å². The van der Waals surface area contributed by atoms with Crippen LogP contribution in [0.25, 0.3) is 0 Å². The number of carbonyl (C=O) groups excluding carboxylic acids is 2. The normalized spacial score (nSPS) is 10.9. The van der Waals surface area contributed by atoms with Crippen molar-refractivity contribution in [2.24, 2.45) is 11.8 Å². The number of ether oxygens (including phenoxy) is 1. The quantitative estimate of drug-likeness (QED) is 0.288. The minimum Gasteiger partial charge on any atom is -0.426 e. The lowest BCUT2D eigenvalue weighted by Crippen LogP contribution is -2.32. The molecule has 0 radical (unpaired) electrons. The Morgan fingerprint density at radius 2 is 1.58 bits per heavy atom. The van der Waals surface area contributed by atoms with E-state index >= 15 is 0 Å². The van der Waals surface area contributed by atoms with Crippen molar-refractivity contribution < 1.29 is 14.3 Å². The minimum atomic E-state index is -0.344. The second-order valence-corrected chi connectivity index (χ2v) is 9.39. The number of anilines is 3. The number of esters is 1. The number of carbonyl (C=O) groups is 2. The van der Waals surface area contributed by atoms with Crippen LogP contribution in [0.15, 0.2) is 42.5 Å². The highest BCUT2D eigenvalue weighted by molar-refractivity contribution is 6.02. The van der Waals surface area contributed by atoms with Crippen LogP contribution in [-0.4, -0.2) is 25.1 Å². The van der Waals surface area contributed by atoms with Gasteiger partial charge in [0.15, 0.2) is 0 Å². The molecule has 0 bridgehead atoms. The van der Waals surface area contributed by atoms with Gasteiger partial charge in [0.25, 0.3) is 0 Å². The molecule has 0 unspecified atom stereocenters. The number of unbranched alkanes of at least 4 members (excludes halogenated alkanes) is 1. The Kier molecular flexibility index (Phi) is 10.2. The van der Waals surface area contributed by atoms with E-state index in [1.165, 1.54) is 0 Å². The third-order valence-corrected chi connectivity index (χ3v) is 5.00. The van der Waals surface area contributed by atoms with E-state index in [-0.39, 0.29) is 12.0 Å². The number of urea groups is 1. The van der Waals surface area contributed by atoms with Crippen LogP contribution in [-0.2, 0) is 4.79 Å². The number of hydrogen-bond acceptors (Lipinski definition) is 4. The van der Waals surface area contributed by atoms with Gasteiger partial charge >= 0.3 is 12.0 Å². The van der Waals surface area contributed by atoms with Gasteiger partial charge < -0.3 is 20.3 Å². The summed E-state index contributed by atoms with van der Waals surface area (Å²) < 4.78 is 5.54. The Labute approximate surface area is 198 Å². The molecule has 0 atom stereocenters. The first-order chi connectivity index (χ1) is 15.7. The summed E-state index contributed by atoms with van der Waals surface area (Å²) in [6.07, 6.45) is 2.10. The molecule has 2 N–H and O–H groups in total. The molecule has 0 aliphatic heterocycles. The summed E-state index contributed by atoms with van der Waals surface area (Å²) in [5.74, 6) is 1.06. The fraction of sp³-hybridized carbons (Fsp3) is 0.481. The van der Waals surface area contributed by atoms with Gasteiger partial charge in [0.05, 0.1) is 11.4 Å². The van der Waals surface area contributed by atoms with Crippen molar-refractivity contribution in [1.82, 2.24) is 0 Å². The minimum absolute atomic E-state index is 0.263. The third-order valence-electron chi connectivity index (χ3n) is 5.00. The van der Waals surface area contributed by atoms with E-state index in [1.54, 1.807) is 12.1 Å². The molecule has 180 valence electrons. The second-order valence-electron chi connectivity index (χ2n) is 9.39. The van der Waals surface area contributed by atoms with Gasteiger partial charge in [-0.25, -0.2) is 4.79 Å². The maximum Gasteiger partial charge on any atom is 0.323 e. The average Bonchev–Trinajstić information content (AvgIpc) is 2.73. The van der Waals surface area contributed by atoms with Crippen LogP contribution in [0.4, 0.5) is 21.9 Å². The lowest BCUT2D eigenvalue weighted by Gasteiger charge is -2.30. The van der Waals surface area contributed by atoms with Gasteiger partial charge in [-0.05, 0) is 49.4 Å². The molecule has 0 aliphatic rings. The highest BCUT2D eigenvalue weighted by atomic mass is 16.5. The summed E-state index contributed by atoms with van der Waals surface area (Å²) in [7, 11) is 0. The van der Waals surface area contributed by atoms with E-state index in [0.717, 1.165) is 37.2 Å². The van der Waals surface area contributed by atoms with Crippen molar-refractivity contribution in [3.63, 3.8) is 0 Å². The zero-order valence-corrected chi connectivity index (χ0v) is 20.9. The summed E-state index contributed by atoms with van der Waals surface area (Å²) in [5.41, 5.74) is 3.35. The van der Waals surface area contributed by atoms with E-state index < -0.39 is 0 Å². The van der Waals surface area contributed by atoms with Crippen molar-refractivity contribution >= 4 is 29.1 Å². The zero-order valence-electron chi connectivity index (χ0n) is 20.9. The van der Waals surface area contributed by atoms with Gasteiger partial charge in [-0.2, -0.15) is 0 Å². The average molecular weight is 454 g/mol. The maximum absolute atomic E-state index is 12.8. The summed E-state index contributed by atoms with van der Waals surface area (Å²) in [6, 6.07) is 12.8. The smallest absolute Gasteiger partial charge is 0.323 e. The van der Waals surface area contributed by atoms with Gasteiger partial charge in [-0.3, -0.25) is 4.79 Å².